The summed E-state index contributed by atoms with van der Waals surface area (Å²) in [5.74, 6) is 0.584. The first-order chi connectivity index (χ1) is 11.5. The smallest absolute Gasteiger partial charge is 0.251 e. The van der Waals surface area contributed by atoms with Gasteiger partial charge in [0.2, 0.25) is 5.95 Å². The lowest BCUT2D eigenvalue weighted by molar-refractivity contribution is 0.0955. The Morgan fingerprint density at radius 1 is 1.25 bits per heavy atom. The van der Waals surface area contributed by atoms with Crippen LogP contribution in [-0.4, -0.2) is 38.7 Å². The van der Waals surface area contributed by atoms with Crippen LogP contribution in [0.25, 0.3) is 11.0 Å². The number of aromatic nitrogens is 4. The van der Waals surface area contributed by atoms with Crippen molar-refractivity contribution in [3.63, 3.8) is 0 Å². The number of halogens is 1. The topological polar surface area (TPSA) is 111 Å². The van der Waals surface area contributed by atoms with Crippen LogP contribution in [0.5, 0.6) is 0 Å². The predicted octanol–water partition coefficient (Wildman–Crippen LogP) is 1.44. The zero-order valence-corrected chi connectivity index (χ0v) is 13.7. The molecule has 0 saturated heterocycles. The maximum absolute atomic E-state index is 12.0. The minimum atomic E-state index is -0.170. The molecule has 0 bridgehead atoms. The van der Waals surface area contributed by atoms with Crippen molar-refractivity contribution in [1.82, 2.24) is 25.1 Å². The summed E-state index contributed by atoms with van der Waals surface area (Å²) in [7, 11) is 1.78. The third-order valence-electron chi connectivity index (χ3n) is 3.42. The molecule has 9 heteroatoms. The van der Waals surface area contributed by atoms with Gasteiger partial charge < -0.3 is 16.4 Å². The first kappa shape index (κ1) is 16.0. The van der Waals surface area contributed by atoms with Crippen molar-refractivity contribution in [2.75, 3.05) is 24.1 Å². The van der Waals surface area contributed by atoms with Gasteiger partial charge in [0.15, 0.2) is 5.65 Å². The average Bonchev–Trinajstić information content (AvgIpc) is 2.94. The number of nitrogens with two attached hydrogens (primary N) is 1. The van der Waals surface area contributed by atoms with Gasteiger partial charge in [-0.3, -0.25) is 9.48 Å². The highest BCUT2D eigenvalue weighted by Crippen LogP contribution is 2.18. The van der Waals surface area contributed by atoms with Crippen LogP contribution in [0.3, 0.4) is 0 Å². The Morgan fingerprint density at radius 3 is 2.75 bits per heavy atom. The van der Waals surface area contributed by atoms with Gasteiger partial charge in [-0.2, -0.15) is 15.1 Å². The lowest BCUT2D eigenvalue weighted by Crippen LogP contribution is -2.29. The highest BCUT2D eigenvalue weighted by Gasteiger charge is 2.09. The normalized spacial score (nSPS) is 10.8. The van der Waals surface area contributed by atoms with Crippen molar-refractivity contribution in [1.29, 1.82) is 0 Å². The number of hydrogen-bond donors (Lipinski definition) is 3. The van der Waals surface area contributed by atoms with Gasteiger partial charge in [-0.15, -0.1) is 0 Å². The Balaban J connectivity index is 1.56. The van der Waals surface area contributed by atoms with Crippen molar-refractivity contribution < 1.29 is 4.79 Å². The number of carbonyl (C=O) groups excluding carboxylic acids is 1. The molecule has 0 fully saturated rings. The van der Waals surface area contributed by atoms with Gasteiger partial charge in [0.05, 0.1) is 11.6 Å². The average molecular weight is 346 g/mol. The Morgan fingerprint density at radius 2 is 2.00 bits per heavy atom. The number of aryl methyl sites for hydroxylation is 1. The Bertz CT molecular complexity index is 875. The summed E-state index contributed by atoms with van der Waals surface area (Å²) in [6, 6.07) is 6.69. The molecule has 4 N–H and O–H groups in total. The molecule has 24 heavy (non-hydrogen) atoms. The van der Waals surface area contributed by atoms with E-state index in [2.05, 4.69) is 25.7 Å². The van der Waals surface area contributed by atoms with Crippen molar-refractivity contribution in [3.8, 4) is 0 Å². The molecule has 0 aliphatic carbocycles. The number of amides is 1. The highest BCUT2D eigenvalue weighted by atomic mass is 35.5. The fraction of sp³-hybridized carbons (Fsp3) is 0.200. The van der Waals surface area contributed by atoms with E-state index in [0.717, 1.165) is 0 Å². The van der Waals surface area contributed by atoms with Crippen LogP contribution in [0.1, 0.15) is 10.4 Å². The monoisotopic (exact) mass is 345 g/mol. The number of nitrogens with zero attached hydrogens (tertiary/aromatic N) is 4. The van der Waals surface area contributed by atoms with Gasteiger partial charge in [-0.05, 0) is 24.3 Å². The van der Waals surface area contributed by atoms with E-state index in [1.807, 2.05) is 0 Å². The van der Waals surface area contributed by atoms with Gasteiger partial charge in [0.1, 0.15) is 5.82 Å². The fourth-order valence-electron chi connectivity index (χ4n) is 2.18. The Kier molecular flexibility index (Phi) is 4.48. The molecule has 1 aromatic carbocycles. The van der Waals surface area contributed by atoms with Gasteiger partial charge in [-0.1, -0.05) is 11.6 Å². The minimum absolute atomic E-state index is 0.170. The first-order valence-corrected chi connectivity index (χ1v) is 7.65. The molecule has 3 rings (SSSR count). The molecule has 0 radical (unpaired) electrons. The van der Waals surface area contributed by atoms with E-state index in [4.69, 9.17) is 17.3 Å². The summed E-state index contributed by atoms with van der Waals surface area (Å²) in [4.78, 5) is 20.5. The number of carbonyl (C=O) groups is 1. The van der Waals surface area contributed by atoms with Crippen LogP contribution >= 0.6 is 11.6 Å². The van der Waals surface area contributed by atoms with E-state index >= 15 is 0 Å². The van der Waals surface area contributed by atoms with Crippen molar-refractivity contribution in [2.24, 2.45) is 7.05 Å². The molecule has 0 aliphatic heterocycles. The van der Waals surface area contributed by atoms with E-state index in [1.54, 1.807) is 42.2 Å². The number of nitrogens with one attached hydrogen (secondary N) is 2. The molecule has 0 spiro atoms. The van der Waals surface area contributed by atoms with Crippen LogP contribution in [0, 0.1) is 0 Å². The zero-order valence-electron chi connectivity index (χ0n) is 13.0. The van der Waals surface area contributed by atoms with Crippen LogP contribution in [0.2, 0.25) is 5.02 Å². The van der Waals surface area contributed by atoms with Gasteiger partial charge in [-0.25, -0.2) is 0 Å². The summed E-state index contributed by atoms with van der Waals surface area (Å²) in [5, 5.41) is 11.2. The van der Waals surface area contributed by atoms with Crippen LogP contribution < -0.4 is 16.4 Å². The summed E-state index contributed by atoms with van der Waals surface area (Å²) >= 11 is 5.80. The second-order valence-electron chi connectivity index (χ2n) is 5.13. The number of benzene rings is 1. The Labute approximate surface area is 143 Å². The van der Waals surface area contributed by atoms with Gasteiger partial charge in [0.25, 0.3) is 5.91 Å². The molecule has 1 amide bonds. The zero-order chi connectivity index (χ0) is 17.1. The lowest BCUT2D eigenvalue weighted by Gasteiger charge is -2.08. The third kappa shape index (κ3) is 3.38. The molecule has 0 aliphatic rings. The standard InChI is InChI=1S/C15H16ClN7O/c1-23-13-11(8-20-23)12(17)21-15(22-13)19-7-6-18-14(24)9-2-4-10(16)5-3-9/h2-5,8H,6-7H2,1H3,(H,18,24)(H3,17,19,21,22). The molecule has 2 aromatic heterocycles. The van der Waals surface area contributed by atoms with E-state index in [9.17, 15) is 4.79 Å². The summed E-state index contributed by atoms with van der Waals surface area (Å²) in [6.45, 7) is 0.871. The molecule has 0 atom stereocenters. The molecule has 2 heterocycles. The molecular weight excluding hydrogens is 330 g/mol. The van der Waals surface area contributed by atoms with Crippen LogP contribution in [0.4, 0.5) is 11.8 Å². The molecule has 124 valence electrons. The molecule has 3 aromatic rings. The number of hydrogen-bond acceptors (Lipinski definition) is 6. The quantitative estimate of drug-likeness (QED) is 0.603. The predicted molar refractivity (Wildman–Crippen MR) is 93.0 cm³/mol. The van der Waals surface area contributed by atoms with E-state index in [-0.39, 0.29) is 5.91 Å². The number of fused-ring (bicyclic) bond motifs is 1. The maximum Gasteiger partial charge on any atom is 0.251 e. The largest absolute Gasteiger partial charge is 0.383 e. The number of anilines is 2. The summed E-state index contributed by atoms with van der Waals surface area (Å²) in [5.41, 5.74) is 7.09. The van der Waals surface area contributed by atoms with Crippen molar-refractivity contribution in [3.05, 3.63) is 41.0 Å². The number of rotatable bonds is 5. The van der Waals surface area contributed by atoms with E-state index < -0.39 is 0 Å². The first-order valence-electron chi connectivity index (χ1n) is 7.27. The van der Waals surface area contributed by atoms with Crippen LogP contribution in [-0.2, 0) is 7.05 Å². The second kappa shape index (κ2) is 6.71. The van der Waals surface area contributed by atoms with Gasteiger partial charge >= 0.3 is 0 Å². The molecule has 8 nitrogen and oxygen atoms in total. The van der Waals surface area contributed by atoms with Crippen molar-refractivity contribution >= 4 is 40.3 Å². The van der Waals surface area contributed by atoms with E-state index in [0.29, 0.717) is 46.5 Å². The Hall–Kier alpha value is -2.87. The highest BCUT2D eigenvalue weighted by molar-refractivity contribution is 6.30. The minimum Gasteiger partial charge on any atom is -0.383 e. The van der Waals surface area contributed by atoms with Crippen LogP contribution in [0.15, 0.2) is 30.5 Å². The molecule has 0 saturated carbocycles. The lowest BCUT2D eigenvalue weighted by atomic mass is 10.2. The van der Waals surface area contributed by atoms with E-state index in [1.165, 1.54) is 0 Å². The number of nitrogen functional groups attached to an aromatic ring is 1. The third-order valence-corrected chi connectivity index (χ3v) is 3.67. The summed E-state index contributed by atoms with van der Waals surface area (Å²) in [6.07, 6.45) is 1.63. The van der Waals surface area contributed by atoms with Crippen molar-refractivity contribution in [2.45, 2.75) is 0 Å². The second-order valence-corrected chi connectivity index (χ2v) is 5.56. The summed E-state index contributed by atoms with van der Waals surface area (Å²) < 4.78 is 1.63. The maximum atomic E-state index is 12.0. The fourth-order valence-corrected chi connectivity index (χ4v) is 2.30. The molecule has 0 unspecified atom stereocenters. The van der Waals surface area contributed by atoms with Gasteiger partial charge in [0, 0.05) is 30.7 Å². The SMILES string of the molecule is Cn1ncc2c(N)nc(NCCNC(=O)c3ccc(Cl)cc3)nc21. The molecular formula is C15H16ClN7O.